The first-order valence-electron chi connectivity index (χ1n) is 13.7. The van der Waals surface area contributed by atoms with Gasteiger partial charge in [0.25, 0.3) is 0 Å². The molecule has 0 aliphatic heterocycles. The largest absolute Gasteiger partial charge is 0.493 e. The summed E-state index contributed by atoms with van der Waals surface area (Å²) in [5, 5.41) is 9.72. The number of aromatic nitrogens is 2. The zero-order valence-electron chi connectivity index (χ0n) is 23.5. The fraction of sp³-hybridized carbons (Fsp3) is 0.367. The highest BCUT2D eigenvalue weighted by molar-refractivity contribution is 7.23. The van der Waals surface area contributed by atoms with E-state index >= 15 is 0 Å². The van der Waals surface area contributed by atoms with E-state index in [0.29, 0.717) is 40.5 Å². The second-order valence-electron chi connectivity index (χ2n) is 9.98. The number of hydrogen-bond donors (Lipinski definition) is 3. The Bertz CT molecular complexity index is 1470. The van der Waals surface area contributed by atoms with E-state index in [1.807, 2.05) is 41.8 Å². The fourth-order valence-corrected chi connectivity index (χ4v) is 6.95. The van der Waals surface area contributed by atoms with E-state index in [-0.39, 0.29) is 5.91 Å². The quantitative estimate of drug-likeness (QED) is 0.163. The van der Waals surface area contributed by atoms with Crippen molar-refractivity contribution in [2.75, 3.05) is 37.7 Å². The van der Waals surface area contributed by atoms with Crippen LogP contribution in [0.4, 0.5) is 22.3 Å². The number of nitrogens with two attached hydrogens (primary N) is 1. The number of nitrogens with one attached hydrogen (secondary N) is 2. The van der Waals surface area contributed by atoms with Crippen LogP contribution in [0.2, 0.25) is 0 Å². The minimum atomic E-state index is 0.0660. The number of hydrogen-bond acceptors (Lipinski definition) is 10. The SMILES string of the molecule is COc1cc(Nc2nc(N)c(-c3nc(-c4cccc(NC(=O)CCC5CCCCC5)c4)cs3)s2)cc(OC)c1OC. The van der Waals surface area contributed by atoms with Crippen molar-refractivity contribution in [1.82, 2.24) is 9.97 Å². The highest BCUT2D eigenvalue weighted by Gasteiger charge is 2.18. The van der Waals surface area contributed by atoms with E-state index in [9.17, 15) is 4.79 Å². The minimum Gasteiger partial charge on any atom is -0.493 e. The summed E-state index contributed by atoms with van der Waals surface area (Å²) in [6.07, 6.45) is 7.95. The standard InChI is InChI=1S/C30H35N5O4S2/c1-37-23-15-21(16-24(38-2)26(23)39-3)33-30-35-28(31)27(41-30)29-34-22(17-40-29)19-10-7-11-20(14-19)32-25(36)13-12-18-8-5-4-6-9-18/h7,10-11,14-18H,4-6,8-9,12-13,31H2,1-3H3,(H,32,36)(H,33,35). The molecule has 2 aromatic carbocycles. The Hall–Kier alpha value is -3.83. The number of ether oxygens (including phenoxy) is 3. The number of rotatable bonds is 11. The maximum Gasteiger partial charge on any atom is 0.224 e. The van der Waals surface area contributed by atoms with Crippen molar-refractivity contribution in [3.63, 3.8) is 0 Å². The van der Waals surface area contributed by atoms with Crippen LogP contribution in [0.1, 0.15) is 44.9 Å². The second kappa shape index (κ2) is 13.2. The van der Waals surface area contributed by atoms with Crippen molar-refractivity contribution in [3.8, 4) is 38.4 Å². The summed E-state index contributed by atoms with van der Waals surface area (Å²) in [6.45, 7) is 0. The number of nitrogens with zero attached hydrogens (tertiary/aromatic N) is 2. The molecule has 2 aromatic heterocycles. The first-order valence-corrected chi connectivity index (χ1v) is 15.4. The highest BCUT2D eigenvalue weighted by atomic mass is 32.1. The van der Waals surface area contributed by atoms with Crippen LogP contribution in [-0.4, -0.2) is 37.2 Å². The number of carbonyl (C=O) groups is 1. The molecule has 1 aliphatic rings. The lowest BCUT2D eigenvalue weighted by molar-refractivity contribution is -0.116. The lowest BCUT2D eigenvalue weighted by Gasteiger charge is -2.21. The van der Waals surface area contributed by atoms with Crippen molar-refractivity contribution >= 4 is 50.9 Å². The number of methoxy groups -OCH3 is 3. The third kappa shape index (κ3) is 6.91. The molecule has 1 amide bonds. The van der Waals surface area contributed by atoms with E-state index in [2.05, 4.69) is 15.6 Å². The van der Waals surface area contributed by atoms with Crippen LogP contribution in [0, 0.1) is 5.92 Å². The molecule has 5 rings (SSSR count). The number of benzene rings is 2. The topological polar surface area (TPSA) is 121 Å². The van der Waals surface area contributed by atoms with Gasteiger partial charge in [-0.2, -0.15) is 0 Å². The zero-order valence-corrected chi connectivity index (χ0v) is 25.1. The van der Waals surface area contributed by atoms with Crippen molar-refractivity contribution in [2.24, 2.45) is 5.92 Å². The summed E-state index contributed by atoms with van der Waals surface area (Å²) in [6, 6.07) is 11.4. The number of anilines is 4. The Kier molecular flexibility index (Phi) is 9.25. The summed E-state index contributed by atoms with van der Waals surface area (Å²) in [5.41, 5.74) is 9.54. The van der Waals surface area contributed by atoms with Crippen molar-refractivity contribution in [3.05, 3.63) is 41.8 Å². The van der Waals surface area contributed by atoms with Gasteiger partial charge in [-0.3, -0.25) is 4.79 Å². The van der Waals surface area contributed by atoms with Gasteiger partial charge in [0.2, 0.25) is 11.7 Å². The van der Waals surface area contributed by atoms with Crippen molar-refractivity contribution < 1.29 is 19.0 Å². The summed E-state index contributed by atoms with van der Waals surface area (Å²) in [5.74, 6) is 2.73. The minimum absolute atomic E-state index is 0.0660. The van der Waals surface area contributed by atoms with Crippen molar-refractivity contribution in [1.29, 1.82) is 0 Å². The van der Waals surface area contributed by atoms with Crippen LogP contribution in [0.25, 0.3) is 21.1 Å². The van der Waals surface area contributed by atoms with Crippen LogP contribution in [0.5, 0.6) is 17.2 Å². The number of carbonyl (C=O) groups excluding carboxylic acids is 1. The summed E-state index contributed by atoms with van der Waals surface area (Å²) in [4.78, 5) is 22.7. The second-order valence-corrected chi connectivity index (χ2v) is 11.8. The molecule has 4 N–H and O–H groups in total. The molecule has 9 nitrogen and oxygen atoms in total. The van der Waals surface area contributed by atoms with Gasteiger partial charge in [-0.05, 0) is 24.5 Å². The van der Waals surface area contributed by atoms with Crippen LogP contribution >= 0.6 is 22.7 Å². The Morgan fingerprint density at radius 3 is 2.46 bits per heavy atom. The third-order valence-electron chi connectivity index (χ3n) is 7.21. The lowest BCUT2D eigenvalue weighted by atomic mass is 9.86. The zero-order chi connectivity index (χ0) is 28.8. The predicted molar refractivity (Wildman–Crippen MR) is 167 cm³/mol. The van der Waals surface area contributed by atoms with E-state index in [0.717, 1.165) is 38.9 Å². The van der Waals surface area contributed by atoms with E-state index in [1.165, 1.54) is 54.8 Å². The van der Waals surface area contributed by atoms with Crippen LogP contribution in [0.15, 0.2) is 41.8 Å². The molecule has 1 aliphatic carbocycles. The molecular weight excluding hydrogens is 558 g/mol. The van der Waals surface area contributed by atoms with Gasteiger partial charge in [0.1, 0.15) is 15.7 Å². The average molecular weight is 594 g/mol. The predicted octanol–water partition coefficient (Wildman–Crippen LogP) is 7.58. The monoisotopic (exact) mass is 593 g/mol. The molecule has 0 radical (unpaired) electrons. The summed E-state index contributed by atoms with van der Waals surface area (Å²) >= 11 is 2.91. The summed E-state index contributed by atoms with van der Waals surface area (Å²) in [7, 11) is 4.71. The van der Waals surface area contributed by atoms with E-state index in [4.69, 9.17) is 24.9 Å². The van der Waals surface area contributed by atoms with Gasteiger partial charge < -0.3 is 30.6 Å². The van der Waals surface area contributed by atoms with Gasteiger partial charge in [0.05, 0.1) is 27.0 Å². The number of nitrogen functional groups attached to an aromatic ring is 1. The molecule has 2 heterocycles. The molecule has 216 valence electrons. The van der Waals surface area contributed by atoms with Gasteiger partial charge in [-0.15, -0.1) is 11.3 Å². The summed E-state index contributed by atoms with van der Waals surface area (Å²) < 4.78 is 16.3. The van der Waals surface area contributed by atoms with Crippen LogP contribution in [-0.2, 0) is 4.79 Å². The van der Waals surface area contributed by atoms with Crippen LogP contribution < -0.4 is 30.6 Å². The highest BCUT2D eigenvalue weighted by Crippen LogP contribution is 2.43. The molecule has 1 fully saturated rings. The Balaban J connectivity index is 1.27. The van der Waals surface area contributed by atoms with E-state index < -0.39 is 0 Å². The van der Waals surface area contributed by atoms with Crippen molar-refractivity contribution in [2.45, 2.75) is 44.9 Å². The molecule has 1 saturated carbocycles. The maximum absolute atomic E-state index is 12.6. The lowest BCUT2D eigenvalue weighted by Crippen LogP contribution is -2.14. The fourth-order valence-electron chi connectivity index (χ4n) is 5.12. The Labute approximate surface area is 248 Å². The molecule has 0 atom stereocenters. The maximum atomic E-state index is 12.6. The molecule has 4 aromatic rings. The van der Waals surface area contributed by atoms with Gasteiger partial charge in [-0.25, -0.2) is 9.97 Å². The van der Waals surface area contributed by atoms with Crippen LogP contribution in [0.3, 0.4) is 0 Å². The van der Waals surface area contributed by atoms with Gasteiger partial charge in [0, 0.05) is 40.9 Å². The average Bonchev–Trinajstić information content (AvgIpc) is 3.62. The number of thiazole rings is 2. The first kappa shape index (κ1) is 28.7. The number of amides is 1. The first-order chi connectivity index (χ1) is 20.0. The van der Waals surface area contributed by atoms with Gasteiger partial charge in [0.15, 0.2) is 16.6 Å². The Morgan fingerprint density at radius 2 is 1.76 bits per heavy atom. The van der Waals surface area contributed by atoms with Gasteiger partial charge in [-0.1, -0.05) is 55.6 Å². The molecule has 0 spiro atoms. The van der Waals surface area contributed by atoms with Gasteiger partial charge >= 0.3 is 0 Å². The Morgan fingerprint density at radius 1 is 1.00 bits per heavy atom. The third-order valence-corrected chi connectivity index (χ3v) is 9.20. The molecular formula is C30H35N5O4S2. The van der Waals surface area contributed by atoms with E-state index in [1.54, 1.807) is 21.3 Å². The molecule has 0 bridgehead atoms. The smallest absolute Gasteiger partial charge is 0.224 e. The molecule has 0 unspecified atom stereocenters. The molecule has 41 heavy (non-hydrogen) atoms. The molecule has 0 saturated heterocycles. The normalized spacial score (nSPS) is 13.5. The molecule has 11 heteroatoms.